The number of amides is 1. The Morgan fingerprint density at radius 2 is 1.62 bits per heavy atom. The Hall–Kier alpha value is -2.08. The molecule has 0 saturated carbocycles. The summed E-state index contributed by atoms with van der Waals surface area (Å²) < 4.78 is 51.5. The predicted molar refractivity (Wildman–Crippen MR) is 125 cm³/mol. The van der Waals surface area contributed by atoms with Crippen molar-refractivity contribution in [1.29, 1.82) is 0 Å². The van der Waals surface area contributed by atoms with Gasteiger partial charge in [-0.1, -0.05) is 23.7 Å². The van der Waals surface area contributed by atoms with Gasteiger partial charge in [-0.3, -0.25) is 9.69 Å². The maximum Gasteiger partial charge on any atom is 0.252 e. The number of rotatable bonds is 7. The molecule has 11 heteroatoms. The third-order valence-corrected chi connectivity index (χ3v) is 8.21. The number of hydrogen-bond donors (Lipinski definition) is 1. The first-order valence-electron chi connectivity index (χ1n) is 11.1. The van der Waals surface area contributed by atoms with Crippen LogP contribution in [0.3, 0.4) is 0 Å². The molecule has 2 aromatic rings. The minimum atomic E-state index is -3.77. The first kappa shape index (κ1) is 25.0. The predicted octanol–water partition coefficient (Wildman–Crippen LogP) is 2.30. The molecular formula is C23H27ClFN3O5S. The van der Waals surface area contributed by atoms with Crippen molar-refractivity contribution in [1.82, 2.24) is 14.5 Å². The number of hydrogen-bond acceptors (Lipinski definition) is 6. The molecule has 1 amide bonds. The van der Waals surface area contributed by atoms with Crippen LogP contribution in [-0.4, -0.2) is 82.7 Å². The summed E-state index contributed by atoms with van der Waals surface area (Å²) in [6.45, 7) is 3.88. The Labute approximate surface area is 203 Å². The van der Waals surface area contributed by atoms with E-state index in [1.807, 2.05) is 0 Å². The Morgan fingerprint density at radius 3 is 2.26 bits per heavy atom. The Balaban J connectivity index is 1.52. The number of sulfonamides is 1. The van der Waals surface area contributed by atoms with E-state index >= 15 is 0 Å². The van der Waals surface area contributed by atoms with E-state index in [0.29, 0.717) is 39.5 Å². The molecule has 0 spiro atoms. The quantitative estimate of drug-likeness (QED) is 0.614. The summed E-state index contributed by atoms with van der Waals surface area (Å²) in [5, 5.41) is 3.04. The fraction of sp³-hybridized carbons (Fsp3) is 0.435. The van der Waals surface area contributed by atoms with Crippen molar-refractivity contribution in [2.24, 2.45) is 0 Å². The number of morpholine rings is 2. The van der Waals surface area contributed by atoms with Crippen molar-refractivity contribution in [3.8, 4) is 0 Å². The summed E-state index contributed by atoms with van der Waals surface area (Å²) in [6, 6.07) is 10.1. The summed E-state index contributed by atoms with van der Waals surface area (Å²) in [5.74, 6) is -0.817. The van der Waals surface area contributed by atoms with Gasteiger partial charge in [0, 0.05) is 32.7 Å². The van der Waals surface area contributed by atoms with Crippen LogP contribution in [0.2, 0.25) is 5.02 Å². The zero-order chi connectivity index (χ0) is 24.1. The zero-order valence-corrected chi connectivity index (χ0v) is 20.2. The average molecular weight is 512 g/mol. The standard InChI is InChI=1S/C23H27ClFN3O5S/c24-21-6-5-19(34(30,31)28-9-13-33-14-10-28)15-20(21)23(29)26-16-22(27-7-11-32-12-8-27)17-1-3-18(25)4-2-17/h1-6,15,22H,7-14,16H2,(H,26,29). The minimum Gasteiger partial charge on any atom is -0.379 e. The summed E-state index contributed by atoms with van der Waals surface area (Å²) in [7, 11) is -3.77. The van der Waals surface area contributed by atoms with Gasteiger partial charge >= 0.3 is 0 Å². The van der Waals surface area contributed by atoms with Gasteiger partial charge in [-0.2, -0.15) is 4.31 Å². The molecule has 4 rings (SSSR count). The minimum absolute atomic E-state index is 0.00668. The molecule has 0 aromatic heterocycles. The highest BCUT2D eigenvalue weighted by Crippen LogP contribution is 2.25. The molecule has 2 heterocycles. The second kappa shape index (κ2) is 11.1. The zero-order valence-electron chi connectivity index (χ0n) is 18.6. The van der Waals surface area contributed by atoms with Crippen molar-refractivity contribution >= 4 is 27.5 Å². The third-order valence-electron chi connectivity index (χ3n) is 5.99. The molecule has 2 aromatic carbocycles. The molecule has 184 valence electrons. The molecule has 8 nitrogen and oxygen atoms in total. The van der Waals surface area contributed by atoms with Gasteiger partial charge in [0.1, 0.15) is 5.82 Å². The maximum atomic E-state index is 13.5. The lowest BCUT2D eigenvalue weighted by Gasteiger charge is -2.35. The molecule has 1 unspecified atom stereocenters. The van der Waals surface area contributed by atoms with Crippen LogP contribution in [0.4, 0.5) is 4.39 Å². The van der Waals surface area contributed by atoms with Crippen LogP contribution < -0.4 is 5.32 Å². The summed E-state index contributed by atoms with van der Waals surface area (Å²) in [4.78, 5) is 15.2. The first-order chi connectivity index (χ1) is 16.4. The molecule has 34 heavy (non-hydrogen) atoms. The summed E-state index contributed by atoms with van der Waals surface area (Å²) in [6.07, 6.45) is 0. The Kier molecular flexibility index (Phi) is 8.18. The van der Waals surface area contributed by atoms with Gasteiger partial charge in [0.05, 0.1) is 48.0 Å². The van der Waals surface area contributed by atoms with Crippen molar-refractivity contribution in [3.63, 3.8) is 0 Å². The van der Waals surface area contributed by atoms with Crippen molar-refractivity contribution < 1.29 is 27.1 Å². The van der Waals surface area contributed by atoms with E-state index in [1.165, 1.54) is 34.6 Å². The number of ether oxygens (including phenoxy) is 2. The van der Waals surface area contributed by atoms with Crippen molar-refractivity contribution in [2.45, 2.75) is 10.9 Å². The van der Waals surface area contributed by atoms with Gasteiger partial charge in [-0.25, -0.2) is 12.8 Å². The molecular weight excluding hydrogens is 485 g/mol. The van der Waals surface area contributed by atoms with Gasteiger partial charge < -0.3 is 14.8 Å². The van der Waals surface area contributed by atoms with Crippen LogP contribution in [0, 0.1) is 5.82 Å². The van der Waals surface area contributed by atoms with Crippen LogP contribution in [0.25, 0.3) is 0 Å². The highest BCUT2D eigenvalue weighted by atomic mass is 35.5. The SMILES string of the molecule is O=C(NCC(c1ccc(F)cc1)N1CCOCC1)c1cc(S(=O)(=O)N2CCOCC2)ccc1Cl. The second-order valence-corrected chi connectivity index (χ2v) is 10.4. The van der Waals surface area contributed by atoms with E-state index in [9.17, 15) is 17.6 Å². The van der Waals surface area contributed by atoms with Crippen LogP contribution in [0.15, 0.2) is 47.4 Å². The van der Waals surface area contributed by atoms with E-state index in [1.54, 1.807) is 12.1 Å². The molecule has 1 atom stereocenters. The molecule has 2 aliphatic heterocycles. The number of benzene rings is 2. The summed E-state index contributed by atoms with van der Waals surface area (Å²) in [5.41, 5.74) is 0.939. The first-order valence-corrected chi connectivity index (χ1v) is 12.9. The smallest absolute Gasteiger partial charge is 0.252 e. The van der Waals surface area contributed by atoms with E-state index < -0.39 is 15.9 Å². The van der Waals surface area contributed by atoms with Gasteiger partial charge in [-0.15, -0.1) is 0 Å². The number of carbonyl (C=O) groups is 1. The molecule has 0 radical (unpaired) electrons. The molecule has 0 bridgehead atoms. The highest BCUT2D eigenvalue weighted by molar-refractivity contribution is 7.89. The largest absolute Gasteiger partial charge is 0.379 e. The lowest BCUT2D eigenvalue weighted by Crippen LogP contribution is -2.44. The molecule has 1 N–H and O–H groups in total. The van der Waals surface area contributed by atoms with E-state index in [4.69, 9.17) is 21.1 Å². The monoisotopic (exact) mass is 511 g/mol. The number of nitrogens with zero attached hydrogens (tertiary/aromatic N) is 2. The third kappa shape index (κ3) is 5.76. The lowest BCUT2D eigenvalue weighted by molar-refractivity contribution is 0.0162. The van der Waals surface area contributed by atoms with Crippen LogP contribution in [-0.2, 0) is 19.5 Å². The average Bonchev–Trinajstić information content (AvgIpc) is 2.86. The molecule has 2 saturated heterocycles. The number of halogens is 2. The van der Waals surface area contributed by atoms with Gasteiger partial charge in [0.15, 0.2) is 0 Å². The number of carbonyl (C=O) groups excluding carboxylic acids is 1. The highest BCUT2D eigenvalue weighted by Gasteiger charge is 2.28. The second-order valence-electron chi connectivity index (χ2n) is 8.08. The van der Waals surface area contributed by atoms with Crippen LogP contribution in [0.5, 0.6) is 0 Å². The van der Waals surface area contributed by atoms with Gasteiger partial charge in [0.25, 0.3) is 5.91 Å². The maximum absolute atomic E-state index is 13.5. The summed E-state index contributed by atoms with van der Waals surface area (Å²) >= 11 is 6.27. The van der Waals surface area contributed by atoms with Gasteiger partial charge in [-0.05, 0) is 35.9 Å². The lowest BCUT2D eigenvalue weighted by atomic mass is 10.0. The molecule has 2 fully saturated rings. The van der Waals surface area contributed by atoms with E-state index in [-0.39, 0.29) is 47.0 Å². The van der Waals surface area contributed by atoms with Crippen molar-refractivity contribution in [2.75, 3.05) is 59.2 Å². The number of nitrogens with one attached hydrogen (secondary N) is 1. The fourth-order valence-electron chi connectivity index (χ4n) is 4.09. The topological polar surface area (TPSA) is 88.2 Å². The van der Waals surface area contributed by atoms with Crippen LogP contribution >= 0.6 is 11.6 Å². The van der Waals surface area contributed by atoms with Gasteiger partial charge in [0.2, 0.25) is 10.0 Å². The van der Waals surface area contributed by atoms with Crippen molar-refractivity contribution in [3.05, 3.63) is 64.4 Å². The Morgan fingerprint density at radius 1 is 1.00 bits per heavy atom. The molecule has 0 aliphatic carbocycles. The molecule has 2 aliphatic rings. The van der Waals surface area contributed by atoms with E-state index in [2.05, 4.69) is 10.2 Å². The van der Waals surface area contributed by atoms with Crippen LogP contribution in [0.1, 0.15) is 22.0 Å². The fourth-order valence-corrected chi connectivity index (χ4v) is 5.73. The Bertz CT molecular complexity index is 1100. The van der Waals surface area contributed by atoms with E-state index in [0.717, 1.165) is 5.56 Å². The normalized spacial score (nSPS) is 19.0.